The second-order valence-electron chi connectivity index (χ2n) is 6.63. The molecule has 0 spiro atoms. The van der Waals surface area contributed by atoms with E-state index in [0.29, 0.717) is 11.1 Å². The Hall–Kier alpha value is -3.56. The maximum atomic E-state index is 13.8. The molecule has 1 aromatic carbocycles. The van der Waals surface area contributed by atoms with Gasteiger partial charge in [0.2, 0.25) is 11.7 Å². The van der Waals surface area contributed by atoms with Gasteiger partial charge in [0.15, 0.2) is 11.2 Å². The van der Waals surface area contributed by atoms with Crippen LogP contribution in [0.15, 0.2) is 38.6 Å². The Balaban J connectivity index is 1.80. The Kier molecular flexibility index (Phi) is 3.98. The van der Waals surface area contributed by atoms with Crippen molar-refractivity contribution < 1.29 is 8.91 Å². The third-order valence-electron chi connectivity index (χ3n) is 4.82. The molecule has 28 heavy (non-hydrogen) atoms. The molecule has 0 saturated carbocycles. The van der Waals surface area contributed by atoms with Crippen molar-refractivity contribution in [1.82, 2.24) is 28.8 Å². The Morgan fingerprint density at radius 2 is 1.93 bits per heavy atom. The molecular weight excluding hydrogens is 367 g/mol. The zero-order chi connectivity index (χ0) is 20.2. The third-order valence-corrected chi connectivity index (χ3v) is 4.82. The summed E-state index contributed by atoms with van der Waals surface area (Å²) in [5, 5.41) is 3.91. The van der Waals surface area contributed by atoms with Crippen molar-refractivity contribution in [3.63, 3.8) is 0 Å². The molecule has 0 saturated heterocycles. The van der Waals surface area contributed by atoms with Crippen LogP contribution >= 0.6 is 0 Å². The molecule has 1 unspecified atom stereocenters. The van der Waals surface area contributed by atoms with Gasteiger partial charge in [-0.3, -0.25) is 13.9 Å². The molecule has 4 aromatic rings. The Labute approximate surface area is 157 Å². The van der Waals surface area contributed by atoms with Crippen LogP contribution in [0.25, 0.3) is 22.6 Å². The summed E-state index contributed by atoms with van der Waals surface area (Å²) in [7, 11) is 2.95. The van der Waals surface area contributed by atoms with Crippen molar-refractivity contribution in [2.45, 2.75) is 19.9 Å². The van der Waals surface area contributed by atoms with Crippen molar-refractivity contribution in [3.8, 4) is 11.4 Å². The van der Waals surface area contributed by atoms with Crippen molar-refractivity contribution >= 4 is 11.2 Å². The lowest BCUT2D eigenvalue weighted by Crippen LogP contribution is -2.37. The normalized spacial score (nSPS) is 12.6. The predicted octanol–water partition coefficient (Wildman–Crippen LogP) is 1.54. The van der Waals surface area contributed by atoms with Crippen LogP contribution in [0.5, 0.6) is 0 Å². The highest BCUT2D eigenvalue weighted by atomic mass is 19.1. The van der Waals surface area contributed by atoms with E-state index < -0.39 is 17.3 Å². The maximum absolute atomic E-state index is 13.8. The van der Waals surface area contributed by atoms with E-state index in [9.17, 15) is 14.0 Å². The summed E-state index contributed by atoms with van der Waals surface area (Å²) in [5.41, 5.74) is 0.587. The SMILES string of the molecule is Cc1ccc(-c2noc(C(C)n3cnc4c3c(=O)n(C)c(=O)n4C)n2)cc1F. The van der Waals surface area contributed by atoms with Gasteiger partial charge in [-0.2, -0.15) is 4.98 Å². The van der Waals surface area contributed by atoms with Gasteiger partial charge in [-0.15, -0.1) is 0 Å². The van der Waals surface area contributed by atoms with Crippen LogP contribution in [0.4, 0.5) is 4.39 Å². The molecule has 0 amide bonds. The second kappa shape index (κ2) is 6.25. The monoisotopic (exact) mass is 384 g/mol. The van der Waals surface area contributed by atoms with Crippen LogP contribution in [0.2, 0.25) is 0 Å². The summed E-state index contributed by atoms with van der Waals surface area (Å²) in [6.07, 6.45) is 1.45. The van der Waals surface area contributed by atoms with Gasteiger partial charge in [0.25, 0.3) is 5.56 Å². The highest BCUT2D eigenvalue weighted by Gasteiger charge is 2.22. The molecule has 10 heteroatoms. The molecule has 0 aliphatic rings. The summed E-state index contributed by atoms with van der Waals surface area (Å²) in [5.74, 6) is 0.110. The number of hydrogen-bond donors (Lipinski definition) is 0. The summed E-state index contributed by atoms with van der Waals surface area (Å²) in [4.78, 5) is 33.2. The van der Waals surface area contributed by atoms with Crippen LogP contribution in [0.1, 0.15) is 24.4 Å². The number of imidazole rings is 1. The van der Waals surface area contributed by atoms with Gasteiger partial charge in [0.1, 0.15) is 11.9 Å². The molecule has 3 aromatic heterocycles. The number of rotatable bonds is 3. The predicted molar refractivity (Wildman–Crippen MR) is 98.5 cm³/mol. The average Bonchev–Trinajstić information content (AvgIpc) is 3.34. The van der Waals surface area contributed by atoms with Gasteiger partial charge in [-0.1, -0.05) is 17.3 Å². The van der Waals surface area contributed by atoms with Crippen LogP contribution in [-0.4, -0.2) is 28.8 Å². The molecule has 4 rings (SSSR count). The van der Waals surface area contributed by atoms with Gasteiger partial charge in [-0.05, 0) is 25.5 Å². The summed E-state index contributed by atoms with van der Waals surface area (Å²) in [6.45, 7) is 3.43. The minimum absolute atomic E-state index is 0.228. The molecule has 0 bridgehead atoms. The molecule has 1 atom stereocenters. The van der Waals surface area contributed by atoms with E-state index in [0.717, 1.165) is 4.57 Å². The molecule has 0 aliphatic heterocycles. The minimum atomic E-state index is -0.522. The number of nitrogens with zero attached hydrogens (tertiary/aromatic N) is 6. The van der Waals surface area contributed by atoms with E-state index in [-0.39, 0.29) is 28.7 Å². The van der Waals surface area contributed by atoms with Gasteiger partial charge < -0.3 is 9.09 Å². The first-order valence-corrected chi connectivity index (χ1v) is 8.52. The quantitative estimate of drug-likeness (QED) is 0.531. The molecule has 3 heterocycles. The Bertz CT molecular complexity index is 1330. The fraction of sp³-hybridized carbons (Fsp3) is 0.278. The first kappa shape index (κ1) is 17.8. The van der Waals surface area contributed by atoms with Gasteiger partial charge in [0, 0.05) is 19.7 Å². The summed E-state index contributed by atoms with van der Waals surface area (Å²) < 4.78 is 23.0. The molecule has 144 valence electrons. The van der Waals surface area contributed by atoms with Crippen LogP contribution in [0, 0.1) is 12.7 Å². The molecule has 0 N–H and O–H groups in total. The molecular formula is C18H17FN6O3. The fourth-order valence-corrected chi connectivity index (χ4v) is 3.03. The average molecular weight is 384 g/mol. The third kappa shape index (κ3) is 2.56. The number of aromatic nitrogens is 6. The fourth-order valence-electron chi connectivity index (χ4n) is 3.03. The Morgan fingerprint density at radius 1 is 1.18 bits per heavy atom. The number of fused-ring (bicyclic) bond motifs is 1. The second-order valence-corrected chi connectivity index (χ2v) is 6.63. The number of halogens is 1. The largest absolute Gasteiger partial charge is 0.337 e. The summed E-state index contributed by atoms with van der Waals surface area (Å²) >= 11 is 0. The van der Waals surface area contributed by atoms with Crippen LogP contribution < -0.4 is 11.2 Å². The van der Waals surface area contributed by atoms with E-state index in [4.69, 9.17) is 4.52 Å². The standard InChI is InChI=1S/C18H17FN6O3/c1-9-5-6-11(7-12(9)19)14-21-16(28-22-14)10(2)25-8-20-15-13(25)17(26)24(4)18(27)23(15)3/h5-8,10H,1-4H3. The van der Waals surface area contributed by atoms with Crippen LogP contribution in [0.3, 0.4) is 0 Å². The van der Waals surface area contributed by atoms with E-state index in [2.05, 4.69) is 15.1 Å². The zero-order valence-corrected chi connectivity index (χ0v) is 15.7. The van der Waals surface area contributed by atoms with E-state index in [1.54, 1.807) is 37.6 Å². The first-order chi connectivity index (χ1) is 13.3. The zero-order valence-electron chi connectivity index (χ0n) is 15.7. The lowest BCUT2D eigenvalue weighted by Gasteiger charge is -2.10. The Morgan fingerprint density at radius 3 is 2.64 bits per heavy atom. The smallest absolute Gasteiger partial charge is 0.332 e. The van der Waals surface area contributed by atoms with E-state index >= 15 is 0 Å². The van der Waals surface area contributed by atoms with Gasteiger partial charge in [-0.25, -0.2) is 14.2 Å². The minimum Gasteiger partial charge on any atom is -0.337 e. The molecule has 0 aliphatic carbocycles. The van der Waals surface area contributed by atoms with Crippen LogP contribution in [-0.2, 0) is 14.1 Å². The number of benzene rings is 1. The highest BCUT2D eigenvalue weighted by molar-refractivity contribution is 5.70. The lowest BCUT2D eigenvalue weighted by atomic mass is 10.1. The molecule has 0 radical (unpaired) electrons. The van der Waals surface area contributed by atoms with Gasteiger partial charge in [0.05, 0.1) is 6.33 Å². The van der Waals surface area contributed by atoms with Crippen molar-refractivity contribution in [1.29, 1.82) is 0 Å². The lowest BCUT2D eigenvalue weighted by molar-refractivity contribution is 0.347. The maximum Gasteiger partial charge on any atom is 0.332 e. The molecule has 9 nitrogen and oxygen atoms in total. The van der Waals surface area contributed by atoms with E-state index in [1.807, 2.05) is 0 Å². The first-order valence-electron chi connectivity index (χ1n) is 8.52. The highest BCUT2D eigenvalue weighted by Crippen LogP contribution is 2.24. The van der Waals surface area contributed by atoms with Gasteiger partial charge >= 0.3 is 5.69 Å². The number of hydrogen-bond acceptors (Lipinski definition) is 6. The molecule has 0 fully saturated rings. The van der Waals surface area contributed by atoms with E-state index in [1.165, 1.54) is 24.0 Å². The number of aryl methyl sites for hydroxylation is 2. The topological polar surface area (TPSA) is 101 Å². The van der Waals surface area contributed by atoms with Crippen molar-refractivity contribution in [3.05, 3.63) is 62.6 Å². The summed E-state index contributed by atoms with van der Waals surface area (Å²) in [6, 6.07) is 4.16. The van der Waals surface area contributed by atoms with Crippen molar-refractivity contribution in [2.75, 3.05) is 0 Å². The van der Waals surface area contributed by atoms with Crippen molar-refractivity contribution in [2.24, 2.45) is 14.1 Å².